The van der Waals surface area contributed by atoms with Crippen molar-refractivity contribution >= 4 is 11.9 Å². The van der Waals surface area contributed by atoms with E-state index < -0.39 is 5.97 Å². The van der Waals surface area contributed by atoms with Gasteiger partial charge in [0.15, 0.2) is 5.69 Å². The molecule has 1 aliphatic heterocycles. The first-order valence-electron chi connectivity index (χ1n) is 6.56. The van der Waals surface area contributed by atoms with Crippen LogP contribution in [0.5, 0.6) is 0 Å². The minimum absolute atomic E-state index is 0.0936. The zero-order chi connectivity index (χ0) is 14.0. The van der Waals surface area contributed by atoms with Crippen LogP contribution in [-0.4, -0.2) is 45.3 Å². The Morgan fingerprint density at radius 2 is 2.00 bits per heavy atom. The zero-order valence-corrected chi connectivity index (χ0v) is 11.3. The second kappa shape index (κ2) is 5.52. The van der Waals surface area contributed by atoms with Crippen LogP contribution in [0.2, 0.25) is 0 Å². The fourth-order valence-electron chi connectivity index (χ4n) is 2.39. The molecule has 19 heavy (non-hydrogen) atoms. The minimum atomic E-state index is -1.01. The van der Waals surface area contributed by atoms with Crippen LogP contribution in [0.15, 0.2) is 0 Å². The second-order valence-electron chi connectivity index (χ2n) is 4.81. The third-order valence-corrected chi connectivity index (χ3v) is 3.51. The number of carboxylic acids is 1. The minimum Gasteiger partial charge on any atom is -0.476 e. The molecule has 0 aromatic carbocycles. The van der Waals surface area contributed by atoms with Crippen molar-refractivity contribution in [3.05, 3.63) is 17.0 Å². The molecule has 6 heteroatoms. The number of carboxylic acid groups (broad SMARTS) is 1. The van der Waals surface area contributed by atoms with Crippen LogP contribution in [0.3, 0.4) is 0 Å². The summed E-state index contributed by atoms with van der Waals surface area (Å²) in [6, 6.07) is 0. The first-order valence-corrected chi connectivity index (χ1v) is 6.56. The lowest BCUT2D eigenvalue weighted by Crippen LogP contribution is -2.37. The molecular weight excluding hydrogens is 246 g/mol. The summed E-state index contributed by atoms with van der Waals surface area (Å²) in [4.78, 5) is 21.8. The summed E-state index contributed by atoms with van der Waals surface area (Å²) in [5.41, 5.74) is 1.50. The molecule has 0 aliphatic carbocycles. The lowest BCUT2D eigenvalue weighted by Gasteiger charge is -2.30. The van der Waals surface area contributed by atoms with Gasteiger partial charge in [-0.2, -0.15) is 0 Å². The third kappa shape index (κ3) is 2.84. The Hall–Kier alpha value is -1.69. The molecule has 2 N–H and O–H groups in total. The van der Waals surface area contributed by atoms with Gasteiger partial charge in [0.2, 0.25) is 5.95 Å². The predicted molar refractivity (Wildman–Crippen MR) is 70.6 cm³/mol. The van der Waals surface area contributed by atoms with Crippen LogP contribution < -0.4 is 4.90 Å². The predicted octanol–water partition coefficient (Wildman–Crippen LogP) is 1.01. The molecule has 6 nitrogen and oxygen atoms in total. The Kier molecular flexibility index (Phi) is 3.99. The van der Waals surface area contributed by atoms with Crippen LogP contribution in [0, 0.1) is 6.92 Å². The highest BCUT2D eigenvalue weighted by molar-refractivity contribution is 5.87. The van der Waals surface area contributed by atoms with Gasteiger partial charge in [0, 0.05) is 24.3 Å². The largest absolute Gasteiger partial charge is 0.476 e. The number of anilines is 1. The van der Waals surface area contributed by atoms with Gasteiger partial charge in [-0.3, -0.25) is 0 Å². The summed E-state index contributed by atoms with van der Waals surface area (Å²) in [7, 11) is 0. The van der Waals surface area contributed by atoms with Crippen molar-refractivity contribution in [3.8, 4) is 0 Å². The van der Waals surface area contributed by atoms with E-state index in [2.05, 4.69) is 9.97 Å². The van der Waals surface area contributed by atoms with Crippen LogP contribution in [0.1, 0.15) is 41.5 Å². The van der Waals surface area contributed by atoms with E-state index in [1.807, 2.05) is 18.7 Å². The summed E-state index contributed by atoms with van der Waals surface area (Å²) in [5, 5.41) is 18.7. The van der Waals surface area contributed by atoms with Crippen molar-refractivity contribution < 1.29 is 15.0 Å². The van der Waals surface area contributed by atoms with Crippen LogP contribution in [0.25, 0.3) is 0 Å². The molecule has 0 radical (unpaired) electrons. The SMILES string of the molecule is CCc1c(C)nc(N2CCC(O)CC2)nc1C(=O)O. The smallest absolute Gasteiger partial charge is 0.354 e. The molecule has 2 heterocycles. The maximum Gasteiger partial charge on any atom is 0.354 e. The average Bonchev–Trinajstić information content (AvgIpc) is 2.38. The Morgan fingerprint density at radius 3 is 2.53 bits per heavy atom. The molecule has 1 fully saturated rings. The van der Waals surface area contributed by atoms with Gasteiger partial charge in [0.25, 0.3) is 0 Å². The molecule has 0 bridgehead atoms. The molecule has 1 saturated heterocycles. The number of aryl methyl sites for hydroxylation is 1. The molecule has 0 spiro atoms. The first-order chi connectivity index (χ1) is 9.02. The highest BCUT2D eigenvalue weighted by Crippen LogP contribution is 2.20. The van der Waals surface area contributed by atoms with Gasteiger partial charge < -0.3 is 15.1 Å². The fraction of sp³-hybridized carbons (Fsp3) is 0.615. The topological polar surface area (TPSA) is 86.5 Å². The van der Waals surface area contributed by atoms with E-state index in [9.17, 15) is 15.0 Å². The number of aromatic carboxylic acids is 1. The molecule has 2 rings (SSSR count). The van der Waals surface area contributed by atoms with Crippen LogP contribution in [0.4, 0.5) is 5.95 Å². The van der Waals surface area contributed by atoms with E-state index in [-0.39, 0.29) is 11.8 Å². The molecule has 104 valence electrons. The first kappa shape index (κ1) is 13.7. The maximum absolute atomic E-state index is 11.3. The van der Waals surface area contributed by atoms with Crippen LogP contribution in [-0.2, 0) is 6.42 Å². The summed E-state index contributed by atoms with van der Waals surface area (Å²) in [6.45, 7) is 5.03. The van der Waals surface area contributed by atoms with E-state index in [1.54, 1.807) is 0 Å². The van der Waals surface area contributed by atoms with Crippen molar-refractivity contribution in [1.82, 2.24) is 9.97 Å². The maximum atomic E-state index is 11.3. The number of piperidine rings is 1. The number of aliphatic hydroxyl groups is 1. The van der Waals surface area contributed by atoms with Crippen LogP contribution >= 0.6 is 0 Å². The monoisotopic (exact) mass is 265 g/mol. The summed E-state index contributed by atoms with van der Waals surface area (Å²) >= 11 is 0. The lowest BCUT2D eigenvalue weighted by atomic mass is 10.1. The summed E-state index contributed by atoms with van der Waals surface area (Å²) in [6.07, 6.45) is 1.67. The van der Waals surface area contributed by atoms with Crippen molar-refractivity contribution in [2.24, 2.45) is 0 Å². The molecule has 1 aromatic rings. The van der Waals surface area contributed by atoms with E-state index in [0.717, 1.165) is 5.69 Å². The van der Waals surface area contributed by atoms with E-state index >= 15 is 0 Å². The van der Waals surface area contributed by atoms with E-state index in [1.165, 1.54) is 0 Å². The van der Waals surface area contributed by atoms with Crippen molar-refractivity contribution in [2.45, 2.75) is 39.2 Å². The molecule has 1 aromatic heterocycles. The molecule has 0 saturated carbocycles. The normalized spacial score (nSPS) is 16.7. The van der Waals surface area contributed by atoms with Crippen molar-refractivity contribution in [2.75, 3.05) is 18.0 Å². The number of carbonyl (C=O) groups is 1. The molecule has 0 atom stereocenters. The number of aromatic nitrogens is 2. The number of nitrogens with zero attached hydrogens (tertiary/aromatic N) is 3. The van der Waals surface area contributed by atoms with Crippen molar-refractivity contribution in [1.29, 1.82) is 0 Å². The lowest BCUT2D eigenvalue weighted by molar-refractivity contribution is 0.0688. The van der Waals surface area contributed by atoms with Gasteiger partial charge in [0.1, 0.15) is 0 Å². The summed E-state index contributed by atoms with van der Waals surface area (Å²) in [5.74, 6) is -0.556. The molecule has 0 unspecified atom stereocenters. The zero-order valence-electron chi connectivity index (χ0n) is 11.3. The molecule has 0 amide bonds. The standard InChI is InChI=1S/C13H19N3O3/c1-3-10-8(2)14-13(15-11(10)12(18)19)16-6-4-9(17)5-7-16/h9,17H,3-7H2,1-2H3,(H,18,19). The average molecular weight is 265 g/mol. The van der Waals surface area contributed by atoms with E-state index in [0.29, 0.717) is 43.9 Å². The number of rotatable bonds is 3. The number of aliphatic hydroxyl groups excluding tert-OH is 1. The second-order valence-corrected chi connectivity index (χ2v) is 4.81. The Labute approximate surface area is 112 Å². The van der Waals surface area contributed by atoms with Gasteiger partial charge in [-0.1, -0.05) is 6.92 Å². The Bertz CT molecular complexity index is 482. The quantitative estimate of drug-likeness (QED) is 0.848. The highest BCUT2D eigenvalue weighted by Gasteiger charge is 2.22. The van der Waals surface area contributed by atoms with Gasteiger partial charge in [-0.15, -0.1) is 0 Å². The third-order valence-electron chi connectivity index (χ3n) is 3.51. The summed E-state index contributed by atoms with van der Waals surface area (Å²) < 4.78 is 0. The Balaban J connectivity index is 2.34. The van der Waals surface area contributed by atoms with Gasteiger partial charge in [0.05, 0.1) is 6.10 Å². The molecule has 1 aliphatic rings. The fourth-order valence-corrected chi connectivity index (χ4v) is 2.39. The number of hydrogen-bond acceptors (Lipinski definition) is 5. The Morgan fingerprint density at radius 1 is 1.37 bits per heavy atom. The van der Waals surface area contributed by atoms with E-state index in [4.69, 9.17) is 0 Å². The van der Waals surface area contributed by atoms with Gasteiger partial charge >= 0.3 is 5.97 Å². The number of hydrogen-bond donors (Lipinski definition) is 2. The highest BCUT2D eigenvalue weighted by atomic mass is 16.4. The van der Waals surface area contributed by atoms with Gasteiger partial charge in [-0.05, 0) is 26.2 Å². The molecular formula is C13H19N3O3. The van der Waals surface area contributed by atoms with Crippen molar-refractivity contribution in [3.63, 3.8) is 0 Å². The van der Waals surface area contributed by atoms with Gasteiger partial charge in [-0.25, -0.2) is 14.8 Å².